The van der Waals surface area contributed by atoms with E-state index in [0.29, 0.717) is 6.10 Å². The Morgan fingerprint density at radius 1 is 1.36 bits per heavy atom. The van der Waals surface area contributed by atoms with E-state index in [1.54, 1.807) is 0 Å². The molecule has 1 fully saturated rings. The second kappa shape index (κ2) is 4.61. The van der Waals surface area contributed by atoms with Gasteiger partial charge in [-0.3, -0.25) is 0 Å². The van der Waals surface area contributed by atoms with Gasteiger partial charge in [0.15, 0.2) is 0 Å². The lowest BCUT2D eigenvalue weighted by molar-refractivity contribution is 0.0168. The molecule has 1 saturated heterocycles. The largest absolute Gasteiger partial charge is 0.378 e. The first-order valence-electron chi connectivity index (χ1n) is 5.52. The molecule has 1 heterocycles. The monoisotopic (exact) mass is 190 g/mol. The van der Waals surface area contributed by atoms with Crippen molar-refractivity contribution in [2.45, 2.75) is 38.7 Å². The lowest BCUT2D eigenvalue weighted by Gasteiger charge is -2.22. The number of rotatable bonds is 2. The van der Waals surface area contributed by atoms with E-state index >= 15 is 0 Å². The van der Waals surface area contributed by atoms with Gasteiger partial charge in [-0.2, -0.15) is 0 Å². The van der Waals surface area contributed by atoms with Crippen LogP contribution in [0, 0.1) is 6.92 Å². The second-order valence-electron chi connectivity index (χ2n) is 4.18. The van der Waals surface area contributed by atoms with Crippen LogP contribution in [0.5, 0.6) is 0 Å². The topological polar surface area (TPSA) is 9.23 Å². The van der Waals surface area contributed by atoms with E-state index in [0.717, 1.165) is 13.0 Å². The quantitative estimate of drug-likeness (QED) is 0.696. The van der Waals surface area contributed by atoms with Gasteiger partial charge < -0.3 is 4.74 Å². The minimum Gasteiger partial charge on any atom is -0.378 e. The van der Waals surface area contributed by atoms with Gasteiger partial charge in [0.2, 0.25) is 0 Å². The highest BCUT2D eigenvalue weighted by molar-refractivity contribution is 5.22. The van der Waals surface area contributed by atoms with E-state index in [9.17, 15) is 0 Å². The molecule has 1 unspecified atom stereocenters. The van der Waals surface area contributed by atoms with Gasteiger partial charge in [0.25, 0.3) is 0 Å². The Kier molecular flexibility index (Phi) is 3.20. The van der Waals surface area contributed by atoms with Crippen LogP contribution in [-0.4, -0.2) is 12.7 Å². The van der Waals surface area contributed by atoms with E-state index in [4.69, 9.17) is 4.74 Å². The molecule has 0 aromatic heterocycles. The van der Waals surface area contributed by atoms with Crippen LogP contribution in [-0.2, 0) is 11.2 Å². The lowest BCUT2D eigenvalue weighted by Crippen LogP contribution is -2.21. The summed E-state index contributed by atoms with van der Waals surface area (Å²) in [5, 5.41) is 0. The maximum atomic E-state index is 5.72. The summed E-state index contributed by atoms with van der Waals surface area (Å²) < 4.78 is 5.72. The van der Waals surface area contributed by atoms with E-state index in [1.165, 1.54) is 30.4 Å². The van der Waals surface area contributed by atoms with Crippen LogP contribution in [0.4, 0.5) is 0 Å². The molecule has 1 aliphatic rings. The van der Waals surface area contributed by atoms with Crippen molar-refractivity contribution in [1.82, 2.24) is 0 Å². The molecule has 0 saturated carbocycles. The highest BCUT2D eigenvalue weighted by atomic mass is 16.5. The third-order valence-corrected chi connectivity index (χ3v) is 2.82. The molecule has 0 aliphatic carbocycles. The highest BCUT2D eigenvalue weighted by Crippen LogP contribution is 2.17. The van der Waals surface area contributed by atoms with Crippen LogP contribution >= 0.6 is 0 Å². The fourth-order valence-corrected chi connectivity index (χ4v) is 2.07. The van der Waals surface area contributed by atoms with Crippen LogP contribution in [0.15, 0.2) is 24.3 Å². The van der Waals surface area contributed by atoms with Crippen molar-refractivity contribution >= 4 is 0 Å². The molecule has 0 amide bonds. The van der Waals surface area contributed by atoms with Crippen molar-refractivity contribution in [3.8, 4) is 0 Å². The molecule has 0 spiro atoms. The Bertz CT molecular complexity index is 287. The van der Waals surface area contributed by atoms with E-state index in [-0.39, 0.29) is 0 Å². The highest BCUT2D eigenvalue weighted by Gasteiger charge is 2.13. The van der Waals surface area contributed by atoms with Crippen LogP contribution in [0.1, 0.15) is 30.4 Å². The molecule has 1 aliphatic heterocycles. The molecule has 1 aromatic rings. The predicted molar refractivity (Wildman–Crippen MR) is 58.5 cm³/mol. The Morgan fingerprint density at radius 3 is 3.00 bits per heavy atom. The molecule has 2 rings (SSSR count). The zero-order valence-electron chi connectivity index (χ0n) is 8.83. The van der Waals surface area contributed by atoms with Crippen LogP contribution in [0.3, 0.4) is 0 Å². The van der Waals surface area contributed by atoms with E-state index in [1.807, 2.05) is 0 Å². The minimum absolute atomic E-state index is 0.463. The third-order valence-electron chi connectivity index (χ3n) is 2.82. The fourth-order valence-electron chi connectivity index (χ4n) is 2.07. The van der Waals surface area contributed by atoms with Crippen molar-refractivity contribution < 1.29 is 4.74 Å². The average molecular weight is 190 g/mol. The molecule has 1 atom stereocenters. The molecule has 0 bridgehead atoms. The average Bonchev–Trinajstić information content (AvgIpc) is 2.19. The van der Waals surface area contributed by atoms with Crippen molar-refractivity contribution in [2.75, 3.05) is 6.61 Å². The summed E-state index contributed by atoms with van der Waals surface area (Å²) in [6.07, 6.45) is 5.35. The SMILES string of the molecule is Cc1cccc(CC2CCCCO2)c1. The number of ether oxygens (including phenoxy) is 1. The molecule has 76 valence electrons. The normalized spacial score (nSPS) is 22.2. The Labute approximate surface area is 86.1 Å². The summed E-state index contributed by atoms with van der Waals surface area (Å²) in [5.41, 5.74) is 2.76. The fraction of sp³-hybridized carbons (Fsp3) is 0.538. The van der Waals surface area contributed by atoms with Crippen LogP contribution in [0.2, 0.25) is 0 Å². The first-order chi connectivity index (χ1) is 6.84. The van der Waals surface area contributed by atoms with Gasteiger partial charge in [-0.1, -0.05) is 29.8 Å². The van der Waals surface area contributed by atoms with Crippen LogP contribution in [0.25, 0.3) is 0 Å². The summed E-state index contributed by atoms with van der Waals surface area (Å²) in [7, 11) is 0. The number of hydrogen-bond acceptors (Lipinski definition) is 1. The van der Waals surface area contributed by atoms with Gasteiger partial charge in [0.1, 0.15) is 0 Å². The van der Waals surface area contributed by atoms with Gasteiger partial charge in [0.05, 0.1) is 6.10 Å². The van der Waals surface area contributed by atoms with Gasteiger partial charge >= 0.3 is 0 Å². The standard InChI is InChI=1S/C13H18O/c1-11-5-4-6-12(9-11)10-13-7-2-3-8-14-13/h4-6,9,13H,2-3,7-8,10H2,1H3. The zero-order valence-corrected chi connectivity index (χ0v) is 8.83. The summed E-state index contributed by atoms with van der Waals surface area (Å²) in [6.45, 7) is 3.10. The van der Waals surface area contributed by atoms with Crippen LogP contribution < -0.4 is 0 Å². The molecular formula is C13H18O. The molecule has 1 nitrogen and oxygen atoms in total. The smallest absolute Gasteiger partial charge is 0.0615 e. The third kappa shape index (κ3) is 2.58. The number of aryl methyl sites for hydroxylation is 1. The molecule has 0 N–H and O–H groups in total. The van der Waals surface area contributed by atoms with Gasteiger partial charge in [-0.15, -0.1) is 0 Å². The van der Waals surface area contributed by atoms with Gasteiger partial charge in [-0.05, 0) is 38.2 Å². The van der Waals surface area contributed by atoms with Gasteiger partial charge in [-0.25, -0.2) is 0 Å². The Hall–Kier alpha value is -0.820. The van der Waals surface area contributed by atoms with Crippen molar-refractivity contribution in [3.05, 3.63) is 35.4 Å². The Morgan fingerprint density at radius 2 is 2.29 bits per heavy atom. The molecule has 1 heteroatoms. The summed E-state index contributed by atoms with van der Waals surface area (Å²) in [5.74, 6) is 0. The minimum atomic E-state index is 0.463. The summed E-state index contributed by atoms with van der Waals surface area (Å²) in [6, 6.07) is 8.74. The number of benzene rings is 1. The lowest BCUT2D eigenvalue weighted by atomic mass is 10.0. The Balaban J connectivity index is 1.95. The zero-order chi connectivity index (χ0) is 9.80. The van der Waals surface area contributed by atoms with Crippen molar-refractivity contribution in [1.29, 1.82) is 0 Å². The summed E-state index contributed by atoms with van der Waals surface area (Å²) >= 11 is 0. The molecule has 14 heavy (non-hydrogen) atoms. The predicted octanol–water partition coefficient (Wildman–Crippen LogP) is 3.11. The van der Waals surface area contributed by atoms with E-state index in [2.05, 4.69) is 31.2 Å². The first-order valence-corrected chi connectivity index (χ1v) is 5.52. The van der Waals surface area contributed by atoms with E-state index < -0.39 is 0 Å². The molecule has 1 aromatic carbocycles. The molecular weight excluding hydrogens is 172 g/mol. The van der Waals surface area contributed by atoms with Crippen molar-refractivity contribution in [3.63, 3.8) is 0 Å². The first kappa shape index (κ1) is 9.72. The molecule has 0 radical (unpaired) electrons. The maximum absolute atomic E-state index is 5.72. The maximum Gasteiger partial charge on any atom is 0.0615 e. The van der Waals surface area contributed by atoms with Crippen molar-refractivity contribution in [2.24, 2.45) is 0 Å². The number of hydrogen-bond donors (Lipinski definition) is 0. The van der Waals surface area contributed by atoms with Gasteiger partial charge in [0, 0.05) is 6.61 Å². The second-order valence-corrected chi connectivity index (χ2v) is 4.18. The summed E-state index contributed by atoms with van der Waals surface area (Å²) in [4.78, 5) is 0.